The molecule has 0 bridgehead atoms. The van der Waals surface area contributed by atoms with Crippen molar-refractivity contribution < 1.29 is 14.3 Å². The van der Waals surface area contributed by atoms with E-state index in [0.717, 1.165) is 0 Å². The molecular weight excluding hydrogens is 238 g/mol. The molecule has 3 N–H and O–H groups in total. The quantitative estimate of drug-likeness (QED) is 0.611. The van der Waals surface area contributed by atoms with E-state index < -0.39 is 5.97 Å². The van der Waals surface area contributed by atoms with Crippen molar-refractivity contribution in [3.8, 4) is 0 Å². The van der Waals surface area contributed by atoms with Crippen molar-refractivity contribution in [3.05, 3.63) is 11.4 Å². The lowest BCUT2D eigenvalue weighted by molar-refractivity contribution is -0.121. The number of likely N-dealkylation sites (N-methyl/N-ethyl adjacent to an activating group) is 1. The lowest BCUT2D eigenvalue weighted by atomic mass is 10.2. The van der Waals surface area contributed by atoms with Gasteiger partial charge in [0.25, 0.3) is 0 Å². The minimum Gasteiger partial charge on any atom is -0.464 e. The van der Waals surface area contributed by atoms with Gasteiger partial charge in [0.15, 0.2) is 5.69 Å². The molecule has 0 saturated carbocycles. The molecule has 1 rings (SSSR count). The zero-order valence-corrected chi connectivity index (χ0v) is 10.5. The third-order valence-corrected chi connectivity index (χ3v) is 2.26. The first-order valence-corrected chi connectivity index (χ1v) is 5.61. The Morgan fingerprint density at radius 1 is 1.50 bits per heavy atom. The van der Waals surface area contributed by atoms with Gasteiger partial charge in [0, 0.05) is 13.0 Å². The summed E-state index contributed by atoms with van der Waals surface area (Å²) >= 11 is 0. The van der Waals surface area contributed by atoms with Crippen molar-refractivity contribution >= 4 is 11.9 Å². The van der Waals surface area contributed by atoms with Crippen molar-refractivity contribution in [1.82, 2.24) is 20.3 Å². The molecule has 18 heavy (non-hydrogen) atoms. The monoisotopic (exact) mass is 255 g/mol. The van der Waals surface area contributed by atoms with Crippen LogP contribution in [0.25, 0.3) is 0 Å². The Morgan fingerprint density at radius 2 is 2.22 bits per heavy atom. The zero-order valence-electron chi connectivity index (χ0n) is 10.5. The van der Waals surface area contributed by atoms with Crippen LogP contribution in [0.5, 0.6) is 0 Å². The Balaban J connectivity index is 2.94. The van der Waals surface area contributed by atoms with Crippen LogP contribution in [0.15, 0.2) is 0 Å². The lowest BCUT2D eigenvalue weighted by Gasteiger charge is -2.06. The topological polar surface area (TPSA) is 112 Å². The third-order valence-electron chi connectivity index (χ3n) is 2.26. The molecule has 0 fully saturated rings. The molecule has 1 aromatic rings. The molecule has 0 aliphatic rings. The van der Waals surface area contributed by atoms with Crippen LogP contribution in [0.4, 0.5) is 0 Å². The second-order valence-corrected chi connectivity index (χ2v) is 3.53. The summed E-state index contributed by atoms with van der Waals surface area (Å²) in [5.74, 6) is -0.780. The normalized spacial score (nSPS) is 10.2. The number of amides is 1. The number of aromatic nitrogens is 3. The molecule has 1 amide bonds. The van der Waals surface area contributed by atoms with Crippen LogP contribution in [0, 0.1) is 0 Å². The molecule has 0 atom stereocenters. The summed E-state index contributed by atoms with van der Waals surface area (Å²) in [6.07, 6.45) is 0.400. The summed E-state index contributed by atoms with van der Waals surface area (Å²) in [5, 5.41) is 10.1. The number of ether oxygens (including phenoxy) is 1. The SMILES string of the molecule is CCNC(=O)Cn1nnc(C(=O)OC)c1CCN. The number of hydrogen-bond donors (Lipinski definition) is 2. The van der Waals surface area contributed by atoms with Crippen LogP contribution in [0.1, 0.15) is 23.1 Å². The van der Waals surface area contributed by atoms with E-state index >= 15 is 0 Å². The van der Waals surface area contributed by atoms with Gasteiger partial charge in [0.1, 0.15) is 6.54 Å². The van der Waals surface area contributed by atoms with E-state index in [-0.39, 0.29) is 18.1 Å². The second kappa shape index (κ2) is 6.70. The number of carbonyl (C=O) groups excluding carboxylic acids is 2. The fourth-order valence-electron chi connectivity index (χ4n) is 1.49. The number of nitrogens with zero attached hydrogens (tertiary/aromatic N) is 3. The maximum atomic E-state index is 11.5. The Kier molecular flexibility index (Phi) is 5.25. The van der Waals surface area contributed by atoms with Gasteiger partial charge < -0.3 is 15.8 Å². The highest BCUT2D eigenvalue weighted by Crippen LogP contribution is 2.07. The third kappa shape index (κ3) is 3.27. The smallest absolute Gasteiger partial charge is 0.360 e. The number of nitrogens with one attached hydrogen (secondary N) is 1. The predicted molar refractivity (Wildman–Crippen MR) is 62.8 cm³/mol. The van der Waals surface area contributed by atoms with Gasteiger partial charge in [-0.1, -0.05) is 5.21 Å². The Labute approximate surface area is 104 Å². The number of esters is 1. The highest BCUT2D eigenvalue weighted by atomic mass is 16.5. The van der Waals surface area contributed by atoms with Crippen molar-refractivity contribution in [2.75, 3.05) is 20.2 Å². The van der Waals surface area contributed by atoms with E-state index in [1.807, 2.05) is 6.92 Å². The van der Waals surface area contributed by atoms with Crippen LogP contribution in [0.3, 0.4) is 0 Å². The van der Waals surface area contributed by atoms with Gasteiger partial charge in [-0.3, -0.25) is 4.79 Å². The lowest BCUT2D eigenvalue weighted by Crippen LogP contribution is -2.28. The van der Waals surface area contributed by atoms with E-state index in [1.165, 1.54) is 11.8 Å². The molecule has 0 radical (unpaired) electrons. The summed E-state index contributed by atoms with van der Waals surface area (Å²) in [4.78, 5) is 22.9. The molecule has 1 heterocycles. The van der Waals surface area contributed by atoms with Gasteiger partial charge in [-0.25, -0.2) is 9.48 Å². The van der Waals surface area contributed by atoms with E-state index in [2.05, 4.69) is 20.4 Å². The van der Waals surface area contributed by atoms with Crippen LogP contribution < -0.4 is 11.1 Å². The highest BCUT2D eigenvalue weighted by Gasteiger charge is 2.20. The highest BCUT2D eigenvalue weighted by molar-refractivity contribution is 5.88. The fourth-order valence-corrected chi connectivity index (χ4v) is 1.49. The summed E-state index contributed by atoms with van der Waals surface area (Å²) < 4.78 is 5.96. The second-order valence-electron chi connectivity index (χ2n) is 3.53. The van der Waals surface area contributed by atoms with Gasteiger partial charge in [-0.05, 0) is 13.5 Å². The van der Waals surface area contributed by atoms with E-state index in [0.29, 0.717) is 25.2 Å². The number of rotatable bonds is 6. The van der Waals surface area contributed by atoms with Gasteiger partial charge >= 0.3 is 5.97 Å². The van der Waals surface area contributed by atoms with Crippen molar-refractivity contribution in [3.63, 3.8) is 0 Å². The van der Waals surface area contributed by atoms with Crippen LogP contribution in [-0.2, 0) is 22.5 Å². The zero-order chi connectivity index (χ0) is 13.5. The largest absolute Gasteiger partial charge is 0.464 e. The van der Waals surface area contributed by atoms with Gasteiger partial charge in [-0.15, -0.1) is 5.10 Å². The molecule has 8 nitrogen and oxygen atoms in total. The molecule has 0 aromatic carbocycles. The number of hydrogen-bond acceptors (Lipinski definition) is 6. The van der Waals surface area contributed by atoms with E-state index in [1.54, 1.807) is 0 Å². The first-order valence-electron chi connectivity index (χ1n) is 5.61. The minimum atomic E-state index is -0.583. The fraction of sp³-hybridized carbons (Fsp3) is 0.600. The van der Waals surface area contributed by atoms with Gasteiger partial charge in [0.2, 0.25) is 5.91 Å². The molecule has 0 aliphatic carbocycles. The molecule has 0 saturated heterocycles. The van der Waals surface area contributed by atoms with Gasteiger partial charge in [0.05, 0.1) is 12.8 Å². The number of carbonyl (C=O) groups is 2. The molecule has 100 valence electrons. The Hall–Kier alpha value is -1.96. The van der Waals surface area contributed by atoms with E-state index in [4.69, 9.17) is 5.73 Å². The molecule has 8 heteroatoms. The first-order chi connectivity index (χ1) is 8.63. The molecule has 0 unspecified atom stereocenters. The summed E-state index contributed by atoms with van der Waals surface area (Å²) in [7, 11) is 1.26. The average molecular weight is 255 g/mol. The minimum absolute atomic E-state index is 0.00711. The van der Waals surface area contributed by atoms with Crippen molar-refractivity contribution in [2.24, 2.45) is 5.73 Å². The maximum Gasteiger partial charge on any atom is 0.360 e. The van der Waals surface area contributed by atoms with Crippen LogP contribution >= 0.6 is 0 Å². The van der Waals surface area contributed by atoms with Gasteiger partial charge in [-0.2, -0.15) is 0 Å². The average Bonchev–Trinajstić information content (AvgIpc) is 2.72. The molecular formula is C10H17N5O3. The summed E-state index contributed by atoms with van der Waals surface area (Å²) in [6.45, 7) is 2.68. The molecule has 0 aliphatic heterocycles. The predicted octanol–water partition coefficient (Wildman–Crippen LogP) is -1.30. The Morgan fingerprint density at radius 3 is 2.78 bits per heavy atom. The molecule has 1 aromatic heterocycles. The van der Waals surface area contributed by atoms with Crippen LogP contribution in [0.2, 0.25) is 0 Å². The van der Waals surface area contributed by atoms with Crippen LogP contribution in [-0.4, -0.2) is 47.1 Å². The van der Waals surface area contributed by atoms with Crippen molar-refractivity contribution in [1.29, 1.82) is 0 Å². The number of nitrogens with two attached hydrogens (primary N) is 1. The Bertz CT molecular complexity index is 429. The first kappa shape index (κ1) is 14.1. The standard InChI is InChI=1S/C10H17N5O3/c1-3-12-8(16)6-15-7(4-5-11)9(13-14-15)10(17)18-2/h3-6,11H2,1-2H3,(H,12,16). The molecule has 0 spiro atoms. The summed E-state index contributed by atoms with van der Waals surface area (Å²) in [5.41, 5.74) is 6.08. The number of methoxy groups -OCH3 is 1. The summed E-state index contributed by atoms with van der Waals surface area (Å²) in [6, 6.07) is 0. The maximum absolute atomic E-state index is 11.5. The van der Waals surface area contributed by atoms with Crippen molar-refractivity contribution in [2.45, 2.75) is 19.9 Å². The van der Waals surface area contributed by atoms with E-state index in [9.17, 15) is 9.59 Å².